The number of rotatable bonds is 6. The summed E-state index contributed by atoms with van der Waals surface area (Å²) >= 11 is 8.02. The van der Waals surface area contributed by atoms with E-state index in [-0.39, 0.29) is 17.2 Å². The highest BCUT2D eigenvalue weighted by molar-refractivity contribution is 8.00. The van der Waals surface area contributed by atoms with Gasteiger partial charge in [-0.25, -0.2) is 9.29 Å². The molecule has 2 unspecified atom stereocenters. The lowest BCUT2D eigenvalue weighted by molar-refractivity contribution is -0.122. The number of anilines is 2. The quantitative estimate of drug-likeness (QED) is 0.302. The average Bonchev–Trinajstić information content (AvgIpc) is 3.44. The van der Waals surface area contributed by atoms with Crippen molar-refractivity contribution in [3.05, 3.63) is 104 Å². The highest BCUT2D eigenvalue weighted by Gasteiger charge is 2.56. The van der Waals surface area contributed by atoms with Gasteiger partial charge in [0, 0.05) is 27.1 Å². The van der Waals surface area contributed by atoms with Gasteiger partial charge >= 0.3 is 4.87 Å². The SMILES string of the molecule is O=C(COc1ccccc1[C@H]1c2sc(=O)[nH]c2SC2C(=O)N(c3ccc(F)cc3)C(=O)C21)Nc1ccc(Cl)cc1. The lowest BCUT2D eigenvalue weighted by Gasteiger charge is -2.30. The number of thiazole rings is 1. The fraction of sp³-hybridized carbons (Fsp3) is 0.143. The number of carbonyl (C=O) groups is 3. The molecular weight excluding hydrogens is 577 g/mol. The summed E-state index contributed by atoms with van der Waals surface area (Å²) in [6.45, 7) is -0.319. The minimum atomic E-state index is -0.853. The van der Waals surface area contributed by atoms with Gasteiger partial charge in [0.2, 0.25) is 11.8 Å². The molecule has 8 nitrogen and oxygen atoms in total. The Morgan fingerprint density at radius 2 is 1.73 bits per heavy atom. The Balaban J connectivity index is 1.33. The number of aromatic nitrogens is 1. The van der Waals surface area contributed by atoms with E-state index in [1.54, 1.807) is 48.5 Å². The Kier molecular flexibility index (Phi) is 6.95. The summed E-state index contributed by atoms with van der Waals surface area (Å²) in [4.78, 5) is 56.5. The number of nitrogens with zero attached hydrogens (tertiary/aromatic N) is 1. The van der Waals surface area contributed by atoms with Crippen LogP contribution in [0.25, 0.3) is 0 Å². The summed E-state index contributed by atoms with van der Waals surface area (Å²) in [6.07, 6.45) is 0. The Hall–Kier alpha value is -3.93. The first-order valence-electron chi connectivity index (χ1n) is 12.1. The molecule has 0 spiro atoms. The van der Waals surface area contributed by atoms with Gasteiger partial charge in [-0.2, -0.15) is 0 Å². The molecule has 1 fully saturated rings. The van der Waals surface area contributed by atoms with Gasteiger partial charge in [0.25, 0.3) is 5.91 Å². The number of hydrogen-bond acceptors (Lipinski definition) is 7. The highest BCUT2D eigenvalue weighted by atomic mass is 35.5. The molecular formula is C28H19ClFN3O5S2. The van der Waals surface area contributed by atoms with Crippen molar-refractivity contribution in [3.63, 3.8) is 0 Å². The zero-order chi connectivity index (χ0) is 28.0. The molecule has 4 aromatic rings. The topological polar surface area (TPSA) is 109 Å². The van der Waals surface area contributed by atoms with Gasteiger partial charge < -0.3 is 15.0 Å². The maximum absolute atomic E-state index is 13.8. The van der Waals surface area contributed by atoms with Gasteiger partial charge in [0.1, 0.15) is 16.8 Å². The highest BCUT2D eigenvalue weighted by Crippen LogP contribution is 2.54. The Labute approximate surface area is 240 Å². The first-order valence-corrected chi connectivity index (χ1v) is 14.2. The second kappa shape index (κ2) is 10.6. The van der Waals surface area contributed by atoms with Crippen LogP contribution >= 0.6 is 34.7 Å². The molecule has 3 atom stereocenters. The van der Waals surface area contributed by atoms with Gasteiger partial charge in [-0.15, -0.1) is 0 Å². The minimum Gasteiger partial charge on any atom is -0.483 e. The molecule has 0 saturated carbocycles. The third-order valence-corrected chi connectivity index (χ3v) is 9.30. The Bertz CT molecular complexity index is 1690. The monoisotopic (exact) mass is 595 g/mol. The van der Waals surface area contributed by atoms with Crippen molar-refractivity contribution in [2.24, 2.45) is 5.92 Å². The van der Waals surface area contributed by atoms with Crippen molar-refractivity contribution < 1.29 is 23.5 Å². The predicted molar refractivity (Wildman–Crippen MR) is 151 cm³/mol. The summed E-state index contributed by atoms with van der Waals surface area (Å²) < 4.78 is 19.5. The molecule has 12 heteroatoms. The molecule has 2 aliphatic heterocycles. The molecule has 3 heterocycles. The normalized spacial score (nSPS) is 19.8. The number of benzene rings is 3. The van der Waals surface area contributed by atoms with Crippen molar-refractivity contribution >= 4 is 63.8 Å². The standard InChI is InChI=1S/C28H19ClFN3O5S2/c29-14-5-9-16(10-6-14)31-20(34)13-38-19-4-2-1-3-18(19)21-22-24(39-25-23(21)40-28(37)32-25)27(36)33(26(22)35)17-11-7-15(30)8-12-17/h1-12,21-22,24H,13H2,(H,31,34)(H,32,37)/t21-,22?,24?/m1/s1. The number of nitrogens with one attached hydrogen (secondary N) is 2. The van der Waals surface area contributed by atoms with Gasteiger partial charge in [0.05, 0.1) is 16.6 Å². The van der Waals surface area contributed by atoms with Crippen molar-refractivity contribution in [1.82, 2.24) is 4.98 Å². The largest absolute Gasteiger partial charge is 0.483 e. The smallest absolute Gasteiger partial charge is 0.305 e. The maximum atomic E-state index is 13.8. The van der Waals surface area contributed by atoms with Crippen LogP contribution < -0.4 is 19.8 Å². The fourth-order valence-electron chi connectivity index (χ4n) is 4.94. The van der Waals surface area contributed by atoms with Crippen molar-refractivity contribution in [2.45, 2.75) is 16.2 Å². The number of amides is 3. The molecule has 40 heavy (non-hydrogen) atoms. The molecule has 3 aromatic carbocycles. The van der Waals surface area contributed by atoms with E-state index in [1.807, 2.05) is 0 Å². The number of para-hydroxylation sites is 1. The minimum absolute atomic E-state index is 0.269. The molecule has 2 N–H and O–H groups in total. The van der Waals surface area contributed by atoms with Crippen LogP contribution in [0.2, 0.25) is 5.02 Å². The number of fused-ring (bicyclic) bond motifs is 2. The van der Waals surface area contributed by atoms with Gasteiger partial charge in [-0.05, 0) is 54.6 Å². The number of ether oxygens (including phenoxy) is 1. The summed E-state index contributed by atoms with van der Waals surface area (Å²) in [7, 11) is 0. The number of H-pyrrole nitrogens is 1. The summed E-state index contributed by atoms with van der Waals surface area (Å²) in [6, 6.07) is 18.7. The van der Waals surface area contributed by atoms with E-state index in [0.717, 1.165) is 28.0 Å². The van der Waals surface area contributed by atoms with Crippen LogP contribution in [-0.2, 0) is 14.4 Å². The third-order valence-electron chi connectivity index (χ3n) is 6.65. The summed E-state index contributed by atoms with van der Waals surface area (Å²) in [5.74, 6) is -3.00. The molecule has 3 amide bonds. The lowest BCUT2D eigenvalue weighted by atomic mass is 9.82. The van der Waals surface area contributed by atoms with Crippen LogP contribution in [0.3, 0.4) is 0 Å². The van der Waals surface area contributed by atoms with Gasteiger partial charge in [-0.3, -0.25) is 19.2 Å². The molecule has 0 bridgehead atoms. The fourth-order valence-corrected chi connectivity index (χ4v) is 7.57. The Morgan fingerprint density at radius 1 is 1.00 bits per heavy atom. The van der Waals surface area contributed by atoms with E-state index in [0.29, 0.717) is 31.9 Å². The molecule has 6 rings (SSSR count). The number of hydrogen-bond donors (Lipinski definition) is 2. The van der Waals surface area contributed by atoms with Crippen LogP contribution in [0, 0.1) is 11.7 Å². The van der Waals surface area contributed by atoms with Crippen molar-refractivity contribution in [2.75, 3.05) is 16.8 Å². The van der Waals surface area contributed by atoms with Crippen molar-refractivity contribution in [3.8, 4) is 5.75 Å². The van der Waals surface area contributed by atoms with Crippen LogP contribution in [0.5, 0.6) is 5.75 Å². The van der Waals surface area contributed by atoms with Crippen LogP contribution in [0.15, 0.2) is 82.6 Å². The molecule has 0 aliphatic carbocycles. The lowest BCUT2D eigenvalue weighted by Crippen LogP contribution is -2.32. The Morgan fingerprint density at radius 3 is 2.48 bits per heavy atom. The number of halogens is 2. The molecule has 0 radical (unpaired) electrons. The summed E-state index contributed by atoms with van der Waals surface area (Å²) in [5, 5.41) is 2.97. The number of thioether (sulfide) groups is 1. The van der Waals surface area contributed by atoms with Crippen LogP contribution in [0.1, 0.15) is 16.4 Å². The zero-order valence-corrected chi connectivity index (χ0v) is 22.8. The second-order valence-electron chi connectivity index (χ2n) is 9.12. The molecule has 1 aromatic heterocycles. The van der Waals surface area contributed by atoms with E-state index >= 15 is 0 Å². The van der Waals surface area contributed by atoms with E-state index in [4.69, 9.17) is 16.3 Å². The third kappa shape index (κ3) is 4.80. The predicted octanol–water partition coefficient (Wildman–Crippen LogP) is 5.04. The van der Waals surface area contributed by atoms with Gasteiger partial charge in [-0.1, -0.05) is 52.9 Å². The van der Waals surface area contributed by atoms with E-state index in [1.165, 1.54) is 24.3 Å². The van der Waals surface area contributed by atoms with Crippen molar-refractivity contribution in [1.29, 1.82) is 0 Å². The molecule has 202 valence electrons. The zero-order valence-electron chi connectivity index (χ0n) is 20.4. The maximum Gasteiger partial charge on any atom is 0.305 e. The van der Waals surface area contributed by atoms with E-state index in [2.05, 4.69) is 10.3 Å². The van der Waals surface area contributed by atoms with E-state index < -0.39 is 40.6 Å². The van der Waals surface area contributed by atoms with Gasteiger partial charge in [0.15, 0.2) is 6.61 Å². The first-order chi connectivity index (χ1) is 19.3. The average molecular weight is 596 g/mol. The first kappa shape index (κ1) is 26.3. The van der Waals surface area contributed by atoms with Crippen LogP contribution in [0.4, 0.5) is 15.8 Å². The van der Waals surface area contributed by atoms with Crippen LogP contribution in [-0.4, -0.2) is 34.6 Å². The van der Waals surface area contributed by atoms with E-state index in [9.17, 15) is 23.6 Å². The number of imide groups is 1. The summed E-state index contributed by atoms with van der Waals surface area (Å²) in [5.41, 5.74) is 1.39. The molecule has 2 aliphatic rings. The number of carbonyl (C=O) groups excluding carboxylic acids is 3. The second-order valence-corrected chi connectivity index (χ2v) is 11.7. The number of aromatic amines is 1. The molecule has 1 saturated heterocycles.